The van der Waals surface area contributed by atoms with Crippen LogP contribution in [0.5, 0.6) is 0 Å². The maximum absolute atomic E-state index is 13.5. The molecule has 0 unspecified atom stereocenters. The van der Waals surface area contributed by atoms with Gasteiger partial charge < -0.3 is 19.9 Å². The summed E-state index contributed by atoms with van der Waals surface area (Å²) in [5.41, 5.74) is 2.75. The number of hydrogen-bond acceptors (Lipinski definition) is 4. The summed E-state index contributed by atoms with van der Waals surface area (Å²) < 4.78 is 19.4. The molecule has 0 bridgehead atoms. The lowest BCUT2D eigenvalue weighted by Gasteiger charge is -2.30. The predicted octanol–water partition coefficient (Wildman–Crippen LogP) is 5.09. The largest absolute Gasteiger partial charge is 0.377 e. The molecule has 0 aromatic heterocycles. The molecule has 0 radical (unpaired) electrons. The summed E-state index contributed by atoms with van der Waals surface area (Å²) in [5, 5.41) is 2.86. The molecule has 3 rings (SSSR count). The highest BCUT2D eigenvalue weighted by Crippen LogP contribution is 2.27. The van der Waals surface area contributed by atoms with E-state index in [1.54, 1.807) is 6.07 Å². The molecule has 0 aliphatic carbocycles. The Morgan fingerprint density at radius 1 is 1.15 bits per heavy atom. The van der Waals surface area contributed by atoms with Crippen molar-refractivity contribution in [1.29, 1.82) is 0 Å². The monoisotopic (exact) mass is 469 g/mol. The molecule has 0 spiro atoms. The van der Waals surface area contributed by atoms with Gasteiger partial charge in [0.2, 0.25) is 5.91 Å². The van der Waals surface area contributed by atoms with E-state index >= 15 is 0 Å². The number of nitrogens with one attached hydrogen (secondary N) is 1. The van der Waals surface area contributed by atoms with Crippen LogP contribution in [-0.2, 0) is 16.1 Å². The first-order valence-corrected chi connectivity index (χ1v) is 12.1. The van der Waals surface area contributed by atoms with Gasteiger partial charge in [0, 0.05) is 56.6 Å². The molecule has 1 N–H and O–H groups in total. The second kappa shape index (κ2) is 12.0. The summed E-state index contributed by atoms with van der Waals surface area (Å²) in [6.07, 6.45) is 3.61. The van der Waals surface area contributed by atoms with Crippen LogP contribution in [0.25, 0.3) is 0 Å². The van der Waals surface area contributed by atoms with Gasteiger partial charge in [-0.05, 0) is 67.6 Å². The van der Waals surface area contributed by atoms with Gasteiger partial charge >= 0.3 is 0 Å². The highest BCUT2D eigenvalue weighted by Gasteiger charge is 2.27. The maximum atomic E-state index is 13.5. The topological polar surface area (TPSA) is 61.9 Å². The standard InChI is InChI=1S/C27H36FN3O3/c1-5-19(6-2)27(33)31(18-24-11-8-14-34-24)17-21-16-23(12-13-25(21)30(3)4)29-26(32)20-9-7-10-22(28)15-20/h7,9-10,12-13,15-16,19,24H,5-6,8,11,14,17-18H2,1-4H3,(H,29,32)/t24-/m1/s1. The smallest absolute Gasteiger partial charge is 0.255 e. The van der Waals surface area contributed by atoms with Gasteiger partial charge in [-0.1, -0.05) is 19.9 Å². The Morgan fingerprint density at radius 2 is 1.91 bits per heavy atom. The van der Waals surface area contributed by atoms with Gasteiger partial charge in [-0.25, -0.2) is 4.39 Å². The van der Waals surface area contributed by atoms with Crippen LogP contribution >= 0.6 is 0 Å². The average Bonchev–Trinajstić information content (AvgIpc) is 3.32. The fraction of sp³-hybridized carbons (Fsp3) is 0.481. The van der Waals surface area contributed by atoms with Crippen LogP contribution < -0.4 is 10.2 Å². The quantitative estimate of drug-likeness (QED) is 0.527. The molecule has 2 amide bonds. The first-order chi connectivity index (χ1) is 16.3. The van der Waals surface area contributed by atoms with Crippen molar-refractivity contribution in [3.8, 4) is 0 Å². The van der Waals surface area contributed by atoms with E-state index in [4.69, 9.17) is 4.74 Å². The molecule has 7 heteroatoms. The average molecular weight is 470 g/mol. The van der Waals surface area contributed by atoms with E-state index in [1.165, 1.54) is 18.2 Å². The lowest BCUT2D eigenvalue weighted by Crippen LogP contribution is -2.40. The van der Waals surface area contributed by atoms with Crippen LogP contribution in [0.4, 0.5) is 15.8 Å². The number of ether oxygens (including phenoxy) is 1. The van der Waals surface area contributed by atoms with Crippen molar-refractivity contribution in [2.24, 2.45) is 5.92 Å². The number of benzene rings is 2. The van der Waals surface area contributed by atoms with Crippen molar-refractivity contribution < 1.29 is 18.7 Å². The molecular formula is C27H36FN3O3. The van der Waals surface area contributed by atoms with Crippen LogP contribution in [0.1, 0.15) is 55.5 Å². The van der Waals surface area contributed by atoms with Gasteiger partial charge in [-0.2, -0.15) is 0 Å². The van der Waals surface area contributed by atoms with Crippen molar-refractivity contribution in [2.45, 2.75) is 52.2 Å². The fourth-order valence-corrected chi connectivity index (χ4v) is 4.43. The van der Waals surface area contributed by atoms with E-state index in [1.807, 2.05) is 55.9 Å². The zero-order valence-corrected chi connectivity index (χ0v) is 20.6. The van der Waals surface area contributed by atoms with Crippen molar-refractivity contribution in [1.82, 2.24) is 4.90 Å². The number of halogens is 1. The van der Waals surface area contributed by atoms with E-state index < -0.39 is 5.82 Å². The first kappa shape index (κ1) is 25.7. The van der Waals surface area contributed by atoms with Crippen molar-refractivity contribution in [3.63, 3.8) is 0 Å². The van der Waals surface area contributed by atoms with E-state index in [-0.39, 0.29) is 29.4 Å². The van der Waals surface area contributed by atoms with Gasteiger partial charge in [0.15, 0.2) is 0 Å². The first-order valence-electron chi connectivity index (χ1n) is 12.1. The molecule has 1 aliphatic rings. The minimum absolute atomic E-state index is 0.0277. The Morgan fingerprint density at radius 3 is 2.53 bits per heavy atom. The van der Waals surface area contributed by atoms with Gasteiger partial charge in [0.05, 0.1) is 6.10 Å². The summed E-state index contributed by atoms with van der Waals surface area (Å²) in [6.45, 7) is 5.81. The zero-order valence-electron chi connectivity index (χ0n) is 20.6. The Kier molecular flexibility index (Phi) is 9.05. The Hall–Kier alpha value is -2.93. The predicted molar refractivity (Wildman–Crippen MR) is 134 cm³/mol. The van der Waals surface area contributed by atoms with Gasteiger partial charge in [0.25, 0.3) is 5.91 Å². The number of nitrogens with zero attached hydrogens (tertiary/aromatic N) is 2. The molecule has 6 nitrogen and oxygen atoms in total. The molecule has 184 valence electrons. The Balaban J connectivity index is 1.87. The number of hydrogen-bond donors (Lipinski definition) is 1. The second-order valence-electron chi connectivity index (χ2n) is 9.07. The molecule has 1 fully saturated rings. The van der Waals surface area contributed by atoms with Gasteiger partial charge in [0.1, 0.15) is 5.82 Å². The van der Waals surface area contributed by atoms with Crippen LogP contribution in [0, 0.1) is 11.7 Å². The third-order valence-electron chi connectivity index (χ3n) is 6.36. The third-order valence-corrected chi connectivity index (χ3v) is 6.36. The van der Waals surface area contributed by atoms with Crippen LogP contribution in [0.2, 0.25) is 0 Å². The Labute approximate surface area is 202 Å². The zero-order chi connectivity index (χ0) is 24.7. The Bertz CT molecular complexity index is 985. The molecule has 0 saturated carbocycles. The number of amides is 2. The van der Waals surface area contributed by atoms with Crippen LogP contribution in [-0.4, -0.2) is 50.1 Å². The van der Waals surface area contributed by atoms with Crippen molar-refractivity contribution in [2.75, 3.05) is 37.5 Å². The van der Waals surface area contributed by atoms with Crippen molar-refractivity contribution >= 4 is 23.2 Å². The minimum Gasteiger partial charge on any atom is -0.377 e. The molecule has 1 saturated heterocycles. The number of anilines is 2. The molecule has 1 aliphatic heterocycles. The lowest BCUT2D eigenvalue weighted by molar-refractivity contribution is -0.138. The van der Waals surface area contributed by atoms with Gasteiger partial charge in [-0.3, -0.25) is 9.59 Å². The van der Waals surface area contributed by atoms with Crippen LogP contribution in [0.15, 0.2) is 42.5 Å². The van der Waals surface area contributed by atoms with E-state index in [0.717, 1.165) is 43.5 Å². The highest BCUT2D eigenvalue weighted by atomic mass is 19.1. The summed E-state index contributed by atoms with van der Waals surface area (Å²) in [7, 11) is 3.91. The number of carbonyl (C=O) groups excluding carboxylic acids is 2. The molecule has 1 atom stereocenters. The van der Waals surface area contributed by atoms with Crippen LogP contribution in [0.3, 0.4) is 0 Å². The molecule has 1 heterocycles. The second-order valence-corrected chi connectivity index (χ2v) is 9.07. The highest BCUT2D eigenvalue weighted by molar-refractivity contribution is 6.04. The fourth-order valence-electron chi connectivity index (χ4n) is 4.43. The SMILES string of the molecule is CCC(CC)C(=O)N(Cc1cc(NC(=O)c2cccc(F)c2)ccc1N(C)C)C[C@H]1CCCO1. The van der Waals surface area contributed by atoms with E-state index in [9.17, 15) is 14.0 Å². The number of rotatable bonds is 10. The van der Waals surface area contributed by atoms with Crippen molar-refractivity contribution in [3.05, 3.63) is 59.4 Å². The van der Waals surface area contributed by atoms with E-state index in [0.29, 0.717) is 18.8 Å². The number of carbonyl (C=O) groups is 2. The maximum Gasteiger partial charge on any atom is 0.255 e. The molecule has 2 aromatic carbocycles. The molecule has 34 heavy (non-hydrogen) atoms. The summed E-state index contributed by atoms with van der Waals surface area (Å²) in [4.78, 5) is 30.0. The molecular weight excluding hydrogens is 433 g/mol. The summed E-state index contributed by atoms with van der Waals surface area (Å²) in [5.74, 6) is -0.729. The minimum atomic E-state index is -0.457. The van der Waals surface area contributed by atoms with Gasteiger partial charge in [-0.15, -0.1) is 0 Å². The third kappa shape index (κ3) is 6.56. The summed E-state index contributed by atoms with van der Waals surface area (Å²) in [6, 6.07) is 11.3. The summed E-state index contributed by atoms with van der Waals surface area (Å²) >= 11 is 0. The van der Waals surface area contributed by atoms with E-state index in [2.05, 4.69) is 5.32 Å². The normalized spacial score (nSPS) is 15.4. The molecule has 2 aromatic rings. The lowest BCUT2D eigenvalue weighted by atomic mass is 10.0.